The zero-order valence-corrected chi connectivity index (χ0v) is 10.4. The smallest absolute Gasteiger partial charge is 0.339 e. The summed E-state index contributed by atoms with van der Waals surface area (Å²) in [6.45, 7) is -0.106. The maximum absolute atomic E-state index is 11.2. The highest BCUT2D eigenvalue weighted by Gasteiger charge is 2.38. The van der Waals surface area contributed by atoms with Crippen molar-refractivity contribution in [3.63, 3.8) is 0 Å². The SMILES string of the molecule is COCC(O)(c1ccccc1)c1occc1C(=O)O. The van der Waals surface area contributed by atoms with Gasteiger partial charge >= 0.3 is 5.97 Å². The first-order chi connectivity index (χ1) is 9.09. The number of rotatable bonds is 5. The van der Waals surface area contributed by atoms with E-state index >= 15 is 0 Å². The van der Waals surface area contributed by atoms with Crippen LogP contribution >= 0.6 is 0 Å². The van der Waals surface area contributed by atoms with E-state index < -0.39 is 11.6 Å². The minimum Gasteiger partial charge on any atom is -0.478 e. The van der Waals surface area contributed by atoms with E-state index in [2.05, 4.69) is 0 Å². The van der Waals surface area contributed by atoms with Crippen molar-refractivity contribution < 1.29 is 24.2 Å². The van der Waals surface area contributed by atoms with E-state index in [0.717, 1.165) is 0 Å². The Hall–Kier alpha value is -2.11. The quantitative estimate of drug-likeness (QED) is 0.859. The van der Waals surface area contributed by atoms with Crippen molar-refractivity contribution in [1.82, 2.24) is 0 Å². The molecule has 0 bridgehead atoms. The van der Waals surface area contributed by atoms with Gasteiger partial charge < -0.3 is 19.4 Å². The number of ether oxygens (including phenoxy) is 1. The molecule has 0 saturated carbocycles. The average Bonchev–Trinajstić information content (AvgIpc) is 2.90. The zero-order chi connectivity index (χ0) is 13.9. The zero-order valence-electron chi connectivity index (χ0n) is 10.4. The Bertz CT molecular complexity index is 560. The van der Waals surface area contributed by atoms with Gasteiger partial charge in [0.25, 0.3) is 0 Å². The summed E-state index contributed by atoms with van der Waals surface area (Å²) >= 11 is 0. The molecule has 0 spiro atoms. The van der Waals surface area contributed by atoms with Crippen molar-refractivity contribution in [2.45, 2.75) is 5.60 Å². The Morgan fingerprint density at radius 3 is 2.58 bits per heavy atom. The van der Waals surface area contributed by atoms with E-state index in [-0.39, 0.29) is 17.9 Å². The van der Waals surface area contributed by atoms with Crippen LogP contribution in [0.4, 0.5) is 0 Å². The molecule has 19 heavy (non-hydrogen) atoms. The van der Waals surface area contributed by atoms with E-state index in [1.165, 1.54) is 19.4 Å². The normalized spacial score (nSPS) is 14.0. The van der Waals surface area contributed by atoms with E-state index in [1.807, 2.05) is 0 Å². The molecule has 1 atom stereocenters. The predicted octanol–water partition coefficient (Wildman–Crippen LogP) is 1.86. The second kappa shape index (κ2) is 5.26. The van der Waals surface area contributed by atoms with Gasteiger partial charge in [-0.1, -0.05) is 30.3 Å². The van der Waals surface area contributed by atoms with Gasteiger partial charge in [-0.2, -0.15) is 0 Å². The summed E-state index contributed by atoms with van der Waals surface area (Å²) in [4.78, 5) is 11.2. The molecule has 5 nitrogen and oxygen atoms in total. The van der Waals surface area contributed by atoms with Crippen LogP contribution in [0.25, 0.3) is 0 Å². The number of benzene rings is 1. The van der Waals surface area contributed by atoms with Crippen LogP contribution in [0.1, 0.15) is 21.7 Å². The summed E-state index contributed by atoms with van der Waals surface area (Å²) in [6, 6.07) is 9.98. The van der Waals surface area contributed by atoms with Gasteiger partial charge in [-0.05, 0) is 11.6 Å². The fraction of sp³-hybridized carbons (Fsp3) is 0.214. The Morgan fingerprint density at radius 2 is 2.00 bits per heavy atom. The van der Waals surface area contributed by atoms with Crippen LogP contribution in [0.15, 0.2) is 47.1 Å². The van der Waals surface area contributed by atoms with Crippen molar-refractivity contribution in [2.75, 3.05) is 13.7 Å². The molecule has 1 heterocycles. The molecule has 0 saturated heterocycles. The lowest BCUT2D eigenvalue weighted by atomic mass is 9.90. The van der Waals surface area contributed by atoms with Crippen molar-refractivity contribution in [1.29, 1.82) is 0 Å². The molecule has 1 aromatic heterocycles. The molecule has 2 N–H and O–H groups in total. The van der Waals surface area contributed by atoms with Crippen LogP contribution in [0.3, 0.4) is 0 Å². The molecular weight excluding hydrogens is 248 g/mol. The monoisotopic (exact) mass is 262 g/mol. The Balaban J connectivity index is 2.56. The van der Waals surface area contributed by atoms with Crippen molar-refractivity contribution in [3.05, 3.63) is 59.5 Å². The Kier molecular flexibility index (Phi) is 3.69. The molecule has 0 fully saturated rings. The summed E-state index contributed by atoms with van der Waals surface area (Å²) in [5.74, 6) is -1.19. The maximum atomic E-state index is 11.2. The molecule has 5 heteroatoms. The third kappa shape index (κ3) is 2.38. The molecule has 1 unspecified atom stereocenters. The Labute approximate surface area is 110 Å². The summed E-state index contributed by atoms with van der Waals surface area (Å²) in [7, 11) is 1.43. The van der Waals surface area contributed by atoms with Crippen LogP contribution in [0.2, 0.25) is 0 Å². The van der Waals surface area contributed by atoms with Crippen LogP contribution in [0.5, 0.6) is 0 Å². The lowest BCUT2D eigenvalue weighted by molar-refractivity contribution is -0.0193. The topological polar surface area (TPSA) is 79.9 Å². The van der Waals surface area contributed by atoms with E-state index in [1.54, 1.807) is 30.3 Å². The highest BCUT2D eigenvalue weighted by Crippen LogP contribution is 2.33. The van der Waals surface area contributed by atoms with Gasteiger partial charge in [0, 0.05) is 7.11 Å². The molecular formula is C14H14O5. The Morgan fingerprint density at radius 1 is 1.32 bits per heavy atom. The van der Waals surface area contributed by atoms with Crippen LogP contribution in [0, 0.1) is 0 Å². The molecule has 0 amide bonds. The third-order valence-electron chi connectivity index (χ3n) is 2.88. The maximum Gasteiger partial charge on any atom is 0.339 e. The highest BCUT2D eigenvalue weighted by atomic mass is 16.5. The minimum absolute atomic E-state index is 0.0342. The van der Waals surface area contributed by atoms with Gasteiger partial charge in [-0.25, -0.2) is 4.79 Å². The number of carbonyl (C=O) groups is 1. The van der Waals surface area contributed by atoms with E-state index in [9.17, 15) is 9.90 Å². The van der Waals surface area contributed by atoms with Gasteiger partial charge in [0.1, 0.15) is 5.56 Å². The fourth-order valence-electron chi connectivity index (χ4n) is 2.00. The number of furan rings is 1. The van der Waals surface area contributed by atoms with E-state index in [4.69, 9.17) is 14.3 Å². The first kappa shape index (κ1) is 13.3. The van der Waals surface area contributed by atoms with Gasteiger partial charge in [-0.3, -0.25) is 0 Å². The summed E-state index contributed by atoms with van der Waals surface area (Å²) < 4.78 is 10.2. The number of aliphatic hydroxyl groups is 1. The predicted molar refractivity (Wildman–Crippen MR) is 67.0 cm³/mol. The number of methoxy groups -OCH3 is 1. The molecule has 1 aromatic carbocycles. The standard InChI is InChI=1S/C14H14O5/c1-18-9-14(17,10-5-3-2-4-6-10)12-11(13(15)16)7-8-19-12/h2-8,17H,9H2,1H3,(H,15,16). The van der Waals surface area contributed by atoms with Crippen molar-refractivity contribution >= 4 is 5.97 Å². The van der Waals surface area contributed by atoms with Crippen LogP contribution < -0.4 is 0 Å². The summed E-state index contributed by atoms with van der Waals surface area (Å²) in [5, 5.41) is 19.9. The average molecular weight is 262 g/mol. The van der Waals surface area contributed by atoms with Gasteiger partial charge in [0.2, 0.25) is 0 Å². The van der Waals surface area contributed by atoms with Gasteiger partial charge in [0.15, 0.2) is 11.4 Å². The van der Waals surface area contributed by atoms with Gasteiger partial charge in [-0.15, -0.1) is 0 Å². The number of carboxylic acid groups (broad SMARTS) is 1. The van der Waals surface area contributed by atoms with Crippen LogP contribution in [-0.4, -0.2) is 29.9 Å². The second-order valence-electron chi connectivity index (χ2n) is 4.13. The second-order valence-corrected chi connectivity index (χ2v) is 4.13. The molecule has 2 rings (SSSR count). The van der Waals surface area contributed by atoms with Crippen LogP contribution in [-0.2, 0) is 10.3 Å². The molecule has 2 aromatic rings. The van der Waals surface area contributed by atoms with Crippen molar-refractivity contribution in [3.8, 4) is 0 Å². The first-order valence-corrected chi connectivity index (χ1v) is 5.67. The summed E-state index contributed by atoms with van der Waals surface area (Å²) in [6.07, 6.45) is 1.24. The molecule has 0 aliphatic rings. The van der Waals surface area contributed by atoms with E-state index in [0.29, 0.717) is 5.56 Å². The molecule has 100 valence electrons. The lowest BCUT2D eigenvalue weighted by Gasteiger charge is -2.26. The number of carboxylic acids is 1. The first-order valence-electron chi connectivity index (χ1n) is 5.67. The molecule has 0 aliphatic heterocycles. The molecule has 0 radical (unpaired) electrons. The van der Waals surface area contributed by atoms with Gasteiger partial charge in [0.05, 0.1) is 12.9 Å². The molecule has 0 aliphatic carbocycles. The minimum atomic E-state index is -1.63. The van der Waals surface area contributed by atoms with Crippen molar-refractivity contribution in [2.24, 2.45) is 0 Å². The lowest BCUT2D eigenvalue weighted by Crippen LogP contribution is -2.33. The fourth-order valence-corrected chi connectivity index (χ4v) is 2.00. The highest BCUT2D eigenvalue weighted by molar-refractivity contribution is 5.89. The summed E-state index contributed by atoms with van der Waals surface area (Å²) in [5.41, 5.74) is -1.20. The number of aromatic carboxylic acids is 1. The number of hydrogen-bond donors (Lipinski definition) is 2. The number of hydrogen-bond acceptors (Lipinski definition) is 4. The largest absolute Gasteiger partial charge is 0.478 e. The third-order valence-corrected chi connectivity index (χ3v) is 2.88.